The van der Waals surface area contributed by atoms with Crippen LogP contribution >= 0.6 is 0 Å². The lowest BCUT2D eigenvalue weighted by atomic mass is 9.80. The number of ether oxygens (including phenoxy) is 9. The summed E-state index contributed by atoms with van der Waals surface area (Å²) in [5.74, 6) is -0.152. The molecule has 0 spiro atoms. The zero-order valence-corrected chi connectivity index (χ0v) is 31.1. The van der Waals surface area contributed by atoms with Crippen LogP contribution in [0.1, 0.15) is 55.7 Å². The fourth-order valence-electron chi connectivity index (χ4n) is 5.43. The normalized spacial score (nSPS) is 11.6. The van der Waals surface area contributed by atoms with Crippen LogP contribution in [0, 0.1) is 0 Å². The van der Waals surface area contributed by atoms with Gasteiger partial charge in [0, 0.05) is 6.42 Å². The van der Waals surface area contributed by atoms with Crippen LogP contribution in [0.2, 0.25) is 0 Å². The molecule has 0 aromatic heterocycles. The predicted molar refractivity (Wildman–Crippen MR) is 201 cm³/mol. The third kappa shape index (κ3) is 18.0. The molecule has 3 aromatic carbocycles. The van der Waals surface area contributed by atoms with Crippen molar-refractivity contribution in [2.24, 2.45) is 0 Å². The SMILES string of the molecule is CCCCCCC(=O)OCCOCCOCCOCCOCCOCCOCCOCCOC(c1ccccc1)(c1ccccc1)c1ccccc1. The fourth-order valence-corrected chi connectivity index (χ4v) is 5.43. The maximum atomic E-state index is 11.6. The van der Waals surface area contributed by atoms with Gasteiger partial charge in [0.2, 0.25) is 0 Å². The molecule has 10 heteroatoms. The molecule has 0 heterocycles. The third-order valence-electron chi connectivity index (χ3n) is 8.04. The first-order chi connectivity index (χ1) is 25.8. The lowest BCUT2D eigenvalue weighted by Crippen LogP contribution is -2.34. The standard InChI is InChI=1S/C42H60O10/c1-2-3-4-14-21-41(43)51-36-34-49-32-30-47-28-26-45-24-22-44-23-25-46-27-29-48-31-33-50-35-37-52-42(38-15-8-5-9-16-38,39-17-10-6-11-18-39)40-19-12-7-13-20-40/h5-13,15-20H,2-4,14,21-37H2,1H3. The van der Waals surface area contributed by atoms with Crippen LogP contribution in [0.15, 0.2) is 91.0 Å². The van der Waals surface area contributed by atoms with Gasteiger partial charge in [0.25, 0.3) is 0 Å². The summed E-state index contributed by atoms with van der Waals surface area (Å²) < 4.78 is 50.9. The van der Waals surface area contributed by atoms with E-state index in [9.17, 15) is 4.79 Å². The molecule has 3 aromatic rings. The second-order valence-electron chi connectivity index (χ2n) is 11.9. The van der Waals surface area contributed by atoms with Gasteiger partial charge in [-0.3, -0.25) is 4.79 Å². The smallest absolute Gasteiger partial charge is 0.305 e. The van der Waals surface area contributed by atoms with Crippen LogP contribution in [-0.2, 0) is 53.0 Å². The zero-order chi connectivity index (χ0) is 36.6. The number of benzene rings is 3. The fraction of sp³-hybridized carbons (Fsp3) is 0.548. The van der Waals surface area contributed by atoms with Crippen molar-refractivity contribution >= 4 is 5.97 Å². The Morgan fingerprint density at radius 3 is 1.10 bits per heavy atom. The summed E-state index contributed by atoms with van der Waals surface area (Å²) in [6, 6.07) is 31.0. The van der Waals surface area contributed by atoms with Gasteiger partial charge in [-0.2, -0.15) is 0 Å². The van der Waals surface area contributed by atoms with Crippen molar-refractivity contribution in [3.63, 3.8) is 0 Å². The molecule has 0 N–H and O–H groups in total. The first-order valence-corrected chi connectivity index (χ1v) is 18.8. The number of rotatable bonds is 33. The topological polar surface area (TPSA) is 100 Å². The molecule has 0 radical (unpaired) electrons. The number of unbranched alkanes of at least 4 members (excludes halogenated alkanes) is 3. The Morgan fingerprint density at radius 2 is 0.750 bits per heavy atom. The molecule has 10 nitrogen and oxygen atoms in total. The predicted octanol–water partition coefficient (Wildman–Crippen LogP) is 6.62. The van der Waals surface area contributed by atoms with E-state index in [1.165, 1.54) is 0 Å². The molecule has 0 bridgehead atoms. The number of esters is 1. The van der Waals surface area contributed by atoms with E-state index in [-0.39, 0.29) is 12.6 Å². The Balaban J connectivity index is 1.10. The van der Waals surface area contributed by atoms with Gasteiger partial charge < -0.3 is 42.6 Å². The Labute approximate surface area is 310 Å². The van der Waals surface area contributed by atoms with Crippen molar-refractivity contribution in [3.8, 4) is 0 Å². The van der Waals surface area contributed by atoms with Gasteiger partial charge in [0.15, 0.2) is 0 Å². The van der Waals surface area contributed by atoms with Crippen LogP contribution in [0.5, 0.6) is 0 Å². The molecular formula is C42H60O10. The van der Waals surface area contributed by atoms with Gasteiger partial charge in [-0.15, -0.1) is 0 Å². The second-order valence-corrected chi connectivity index (χ2v) is 11.9. The number of carbonyl (C=O) groups excluding carboxylic acids is 1. The highest BCUT2D eigenvalue weighted by Crippen LogP contribution is 2.40. The maximum absolute atomic E-state index is 11.6. The summed E-state index contributed by atoms with van der Waals surface area (Å²) in [5, 5.41) is 0. The average Bonchev–Trinajstić information content (AvgIpc) is 3.19. The van der Waals surface area contributed by atoms with Gasteiger partial charge in [0.05, 0.1) is 99.1 Å². The summed E-state index contributed by atoms with van der Waals surface area (Å²) in [4.78, 5) is 11.6. The summed E-state index contributed by atoms with van der Waals surface area (Å²) in [7, 11) is 0. The highest BCUT2D eigenvalue weighted by molar-refractivity contribution is 5.69. The van der Waals surface area contributed by atoms with E-state index in [1.54, 1.807) is 0 Å². The van der Waals surface area contributed by atoms with Crippen LogP contribution in [0.25, 0.3) is 0 Å². The molecule has 52 heavy (non-hydrogen) atoms. The van der Waals surface area contributed by atoms with Crippen molar-refractivity contribution in [2.45, 2.75) is 44.6 Å². The summed E-state index contributed by atoms with van der Waals surface area (Å²) in [6.07, 6.45) is 4.75. The van der Waals surface area contributed by atoms with Crippen LogP contribution in [0.4, 0.5) is 0 Å². The number of hydrogen-bond acceptors (Lipinski definition) is 10. The van der Waals surface area contributed by atoms with E-state index in [0.29, 0.717) is 106 Å². The molecule has 0 aliphatic rings. The van der Waals surface area contributed by atoms with E-state index in [1.807, 2.05) is 54.6 Å². The molecular weight excluding hydrogens is 664 g/mol. The molecule has 0 atom stereocenters. The van der Waals surface area contributed by atoms with Gasteiger partial charge in [0.1, 0.15) is 12.2 Å². The van der Waals surface area contributed by atoms with Crippen molar-refractivity contribution in [3.05, 3.63) is 108 Å². The highest BCUT2D eigenvalue weighted by atomic mass is 16.6. The van der Waals surface area contributed by atoms with E-state index >= 15 is 0 Å². The van der Waals surface area contributed by atoms with Crippen molar-refractivity contribution in [1.29, 1.82) is 0 Å². The largest absolute Gasteiger partial charge is 0.463 e. The zero-order valence-electron chi connectivity index (χ0n) is 31.1. The molecule has 0 amide bonds. The summed E-state index contributed by atoms with van der Waals surface area (Å²) >= 11 is 0. The number of hydrogen-bond donors (Lipinski definition) is 0. The van der Waals surface area contributed by atoms with Crippen molar-refractivity contribution in [2.75, 3.05) is 106 Å². The molecule has 0 saturated heterocycles. The first kappa shape index (κ1) is 43.2. The Kier molecular flexibility index (Phi) is 24.3. The van der Waals surface area contributed by atoms with Crippen molar-refractivity contribution < 1.29 is 47.4 Å². The van der Waals surface area contributed by atoms with Crippen LogP contribution in [-0.4, -0.2) is 112 Å². The number of carbonyl (C=O) groups is 1. The Hall–Kier alpha value is -3.19. The molecule has 3 rings (SSSR count). The minimum atomic E-state index is -0.752. The van der Waals surface area contributed by atoms with Gasteiger partial charge in [-0.05, 0) is 23.1 Å². The first-order valence-electron chi connectivity index (χ1n) is 18.8. The minimum Gasteiger partial charge on any atom is -0.463 e. The second kappa shape index (κ2) is 29.3. The van der Waals surface area contributed by atoms with E-state index < -0.39 is 5.60 Å². The van der Waals surface area contributed by atoms with E-state index in [0.717, 1.165) is 42.4 Å². The molecule has 0 aliphatic carbocycles. The average molecular weight is 725 g/mol. The molecule has 288 valence electrons. The third-order valence-corrected chi connectivity index (χ3v) is 8.04. The summed E-state index contributed by atoms with van der Waals surface area (Å²) in [6.45, 7) is 9.43. The van der Waals surface area contributed by atoms with Crippen LogP contribution in [0.3, 0.4) is 0 Å². The van der Waals surface area contributed by atoms with Crippen LogP contribution < -0.4 is 0 Å². The quantitative estimate of drug-likeness (QED) is 0.0387. The van der Waals surface area contributed by atoms with E-state index in [2.05, 4.69) is 43.3 Å². The highest BCUT2D eigenvalue weighted by Gasteiger charge is 2.37. The lowest BCUT2D eigenvalue weighted by Gasteiger charge is -2.36. The lowest BCUT2D eigenvalue weighted by molar-refractivity contribution is -0.145. The Bertz CT molecular complexity index is 1150. The monoisotopic (exact) mass is 724 g/mol. The maximum Gasteiger partial charge on any atom is 0.305 e. The Morgan fingerprint density at radius 1 is 0.423 bits per heavy atom. The summed E-state index contributed by atoms with van der Waals surface area (Å²) in [5.41, 5.74) is 2.45. The van der Waals surface area contributed by atoms with Crippen molar-refractivity contribution in [1.82, 2.24) is 0 Å². The molecule has 0 saturated carbocycles. The molecule has 0 fully saturated rings. The van der Waals surface area contributed by atoms with Gasteiger partial charge >= 0.3 is 5.97 Å². The molecule has 0 aliphatic heterocycles. The van der Waals surface area contributed by atoms with E-state index in [4.69, 9.17) is 42.6 Å². The van der Waals surface area contributed by atoms with Gasteiger partial charge in [-0.25, -0.2) is 0 Å². The minimum absolute atomic E-state index is 0.152. The van der Waals surface area contributed by atoms with Gasteiger partial charge in [-0.1, -0.05) is 117 Å². The molecule has 0 unspecified atom stereocenters.